The highest BCUT2D eigenvalue weighted by Gasteiger charge is 2.29. The van der Waals surface area contributed by atoms with Gasteiger partial charge in [-0.05, 0) is 46.6 Å². The van der Waals surface area contributed by atoms with Gasteiger partial charge in [-0.2, -0.15) is 0 Å². The molecule has 0 amide bonds. The van der Waals surface area contributed by atoms with Crippen LogP contribution in [0.15, 0.2) is 12.3 Å². The second kappa shape index (κ2) is 5.89. The first kappa shape index (κ1) is 16.2. The zero-order valence-electron chi connectivity index (χ0n) is 13.4. The topological polar surface area (TPSA) is 48.4 Å². The van der Waals surface area contributed by atoms with E-state index >= 15 is 0 Å². The third-order valence-corrected chi connectivity index (χ3v) is 3.90. The molecule has 0 atom stereocenters. The highest BCUT2D eigenvalue weighted by Crippen LogP contribution is 2.27. The van der Waals surface area contributed by atoms with Gasteiger partial charge in [0.05, 0.1) is 5.60 Å². The maximum Gasteiger partial charge on any atom is 0.170 e. The Morgan fingerprint density at radius 1 is 1.38 bits per heavy atom. The number of hydrogen-bond acceptors (Lipinski definition) is 4. The van der Waals surface area contributed by atoms with Crippen LogP contribution in [0.1, 0.15) is 46.1 Å². The van der Waals surface area contributed by atoms with Crippen LogP contribution in [0, 0.1) is 5.82 Å². The molecule has 2 N–H and O–H groups in total. The molecule has 1 aromatic rings. The van der Waals surface area contributed by atoms with E-state index in [4.69, 9.17) is 0 Å². The minimum absolute atomic E-state index is 0.0559. The van der Waals surface area contributed by atoms with Crippen molar-refractivity contribution in [3.63, 3.8) is 0 Å². The summed E-state index contributed by atoms with van der Waals surface area (Å²) in [6, 6.07) is 1.72. The fourth-order valence-corrected chi connectivity index (χ4v) is 2.39. The van der Waals surface area contributed by atoms with E-state index in [-0.39, 0.29) is 11.4 Å². The molecule has 2 rings (SSSR count). The van der Waals surface area contributed by atoms with E-state index in [0.717, 1.165) is 0 Å². The molecule has 0 bridgehead atoms. The predicted molar refractivity (Wildman–Crippen MR) is 82.9 cm³/mol. The Bertz CT molecular complexity index is 487. The Morgan fingerprint density at radius 2 is 2.00 bits per heavy atom. The van der Waals surface area contributed by atoms with Gasteiger partial charge in [0.2, 0.25) is 0 Å². The fraction of sp³-hybridized carbons (Fsp3) is 0.688. The van der Waals surface area contributed by atoms with Crippen LogP contribution in [0.4, 0.5) is 10.2 Å². The lowest BCUT2D eigenvalue weighted by Gasteiger charge is -2.36. The summed E-state index contributed by atoms with van der Waals surface area (Å²) in [7, 11) is 0. The number of hydrogen-bond donors (Lipinski definition) is 2. The van der Waals surface area contributed by atoms with Crippen LogP contribution in [0.3, 0.4) is 0 Å². The molecule has 0 saturated carbocycles. The first-order chi connectivity index (χ1) is 9.68. The van der Waals surface area contributed by atoms with Gasteiger partial charge in [-0.25, -0.2) is 9.37 Å². The Balaban J connectivity index is 2.11. The third-order valence-electron chi connectivity index (χ3n) is 3.90. The summed E-state index contributed by atoms with van der Waals surface area (Å²) < 4.78 is 14.6. The Morgan fingerprint density at radius 3 is 2.57 bits per heavy atom. The van der Waals surface area contributed by atoms with Crippen molar-refractivity contribution >= 4 is 5.82 Å². The first-order valence-electron chi connectivity index (χ1n) is 7.54. The van der Waals surface area contributed by atoms with Gasteiger partial charge in [0.25, 0.3) is 0 Å². The molecule has 0 radical (unpaired) electrons. The molecule has 5 heteroatoms. The molecule has 2 heterocycles. The molecule has 1 saturated heterocycles. The lowest BCUT2D eigenvalue weighted by molar-refractivity contribution is 0.0349. The summed E-state index contributed by atoms with van der Waals surface area (Å²) in [5, 5.41) is 13.3. The standard InChI is InChI=1S/C16H26FN3O/c1-15(2,3)19-11-12-5-8-18-14(13(12)17)20-9-6-16(4,21)7-10-20/h5,8,19,21H,6-7,9-11H2,1-4H3. The van der Waals surface area contributed by atoms with E-state index in [1.807, 2.05) is 11.8 Å². The van der Waals surface area contributed by atoms with E-state index in [1.54, 1.807) is 12.3 Å². The van der Waals surface area contributed by atoms with Gasteiger partial charge < -0.3 is 15.3 Å². The summed E-state index contributed by atoms with van der Waals surface area (Å²) in [5.74, 6) is 0.148. The summed E-state index contributed by atoms with van der Waals surface area (Å²) in [6.07, 6.45) is 2.93. The SMILES string of the molecule is CC1(O)CCN(c2nccc(CNC(C)(C)C)c2F)CC1. The molecule has 1 fully saturated rings. The molecule has 0 aliphatic carbocycles. The molecular weight excluding hydrogens is 269 g/mol. The van der Waals surface area contributed by atoms with Crippen molar-refractivity contribution in [2.45, 2.75) is 58.2 Å². The molecule has 0 spiro atoms. The molecule has 118 valence electrons. The number of nitrogens with zero attached hydrogens (tertiary/aromatic N) is 2. The number of aromatic nitrogens is 1. The molecule has 1 aliphatic heterocycles. The van der Waals surface area contributed by atoms with Crippen molar-refractivity contribution in [3.8, 4) is 0 Å². The fourth-order valence-electron chi connectivity index (χ4n) is 2.39. The van der Waals surface area contributed by atoms with Gasteiger partial charge in [0.15, 0.2) is 11.6 Å². The van der Waals surface area contributed by atoms with Crippen LogP contribution in [0.2, 0.25) is 0 Å². The second-order valence-electron chi connectivity index (χ2n) is 7.20. The van der Waals surface area contributed by atoms with Crippen molar-refractivity contribution in [3.05, 3.63) is 23.6 Å². The number of pyridine rings is 1. The van der Waals surface area contributed by atoms with Gasteiger partial charge in [0, 0.05) is 36.9 Å². The van der Waals surface area contributed by atoms with Crippen LogP contribution in [-0.2, 0) is 6.54 Å². The smallest absolute Gasteiger partial charge is 0.170 e. The van der Waals surface area contributed by atoms with Gasteiger partial charge in [-0.1, -0.05) is 0 Å². The number of piperidine rings is 1. The Labute approximate surface area is 126 Å². The average Bonchev–Trinajstić information content (AvgIpc) is 2.37. The predicted octanol–water partition coefficient (Wildman–Crippen LogP) is 2.46. The largest absolute Gasteiger partial charge is 0.390 e. The monoisotopic (exact) mass is 295 g/mol. The molecule has 21 heavy (non-hydrogen) atoms. The summed E-state index contributed by atoms with van der Waals surface area (Å²) in [5.41, 5.74) is -0.0646. The quantitative estimate of drug-likeness (QED) is 0.899. The Kier molecular flexibility index (Phi) is 4.54. The van der Waals surface area contributed by atoms with E-state index in [2.05, 4.69) is 31.1 Å². The maximum absolute atomic E-state index is 14.6. The number of halogens is 1. The van der Waals surface area contributed by atoms with Crippen molar-refractivity contribution in [1.29, 1.82) is 0 Å². The highest BCUT2D eigenvalue weighted by atomic mass is 19.1. The Hall–Kier alpha value is -1.20. The number of aliphatic hydroxyl groups is 1. The molecule has 1 aliphatic rings. The zero-order chi connectivity index (χ0) is 15.7. The number of anilines is 1. The van der Waals surface area contributed by atoms with Gasteiger partial charge in [-0.3, -0.25) is 0 Å². The van der Waals surface area contributed by atoms with Crippen LogP contribution >= 0.6 is 0 Å². The molecule has 0 unspecified atom stereocenters. The molecule has 0 aromatic carbocycles. The van der Waals surface area contributed by atoms with Crippen molar-refractivity contribution in [2.24, 2.45) is 0 Å². The van der Waals surface area contributed by atoms with Crippen LogP contribution in [-0.4, -0.2) is 34.3 Å². The average molecular weight is 295 g/mol. The minimum Gasteiger partial charge on any atom is -0.390 e. The van der Waals surface area contributed by atoms with Crippen molar-refractivity contribution < 1.29 is 9.50 Å². The van der Waals surface area contributed by atoms with Gasteiger partial charge in [0.1, 0.15) is 0 Å². The lowest BCUT2D eigenvalue weighted by atomic mass is 9.94. The first-order valence-corrected chi connectivity index (χ1v) is 7.54. The summed E-state index contributed by atoms with van der Waals surface area (Å²) in [6.45, 7) is 9.74. The second-order valence-corrected chi connectivity index (χ2v) is 7.20. The lowest BCUT2D eigenvalue weighted by Crippen LogP contribution is -2.43. The summed E-state index contributed by atoms with van der Waals surface area (Å²) in [4.78, 5) is 6.12. The van der Waals surface area contributed by atoms with Gasteiger partial charge in [-0.15, -0.1) is 0 Å². The van der Waals surface area contributed by atoms with Crippen molar-refractivity contribution in [1.82, 2.24) is 10.3 Å². The maximum atomic E-state index is 14.6. The van der Waals surface area contributed by atoms with Crippen LogP contribution in [0.5, 0.6) is 0 Å². The van der Waals surface area contributed by atoms with Crippen LogP contribution < -0.4 is 10.2 Å². The number of nitrogens with one attached hydrogen (secondary N) is 1. The van der Waals surface area contributed by atoms with Crippen molar-refractivity contribution in [2.75, 3.05) is 18.0 Å². The molecule has 1 aromatic heterocycles. The highest BCUT2D eigenvalue weighted by molar-refractivity contribution is 5.43. The van der Waals surface area contributed by atoms with E-state index in [0.29, 0.717) is 43.9 Å². The third kappa shape index (κ3) is 4.38. The normalized spacial score (nSPS) is 18.9. The van der Waals surface area contributed by atoms with Gasteiger partial charge >= 0.3 is 0 Å². The number of rotatable bonds is 3. The summed E-state index contributed by atoms with van der Waals surface area (Å²) >= 11 is 0. The zero-order valence-corrected chi connectivity index (χ0v) is 13.4. The van der Waals surface area contributed by atoms with E-state index < -0.39 is 5.60 Å². The molecular formula is C16H26FN3O. The van der Waals surface area contributed by atoms with E-state index in [1.165, 1.54) is 0 Å². The molecule has 4 nitrogen and oxygen atoms in total. The van der Waals surface area contributed by atoms with Crippen LogP contribution in [0.25, 0.3) is 0 Å². The van der Waals surface area contributed by atoms with E-state index in [9.17, 15) is 9.50 Å². The minimum atomic E-state index is -0.640.